The summed E-state index contributed by atoms with van der Waals surface area (Å²) in [6.45, 7) is 2.22. The molecule has 1 saturated heterocycles. The number of hydrogen-bond donors (Lipinski definition) is 1. The normalized spacial score (nSPS) is 18.0. The van der Waals surface area contributed by atoms with Crippen LogP contribution in [0, 0.1) is 0 Å². The molecule has 1 aliphatic heterocycles. The maximum Gasteiger partial charge on any atom is 0.172 e. The first kappa shape index (κ1) is 16.4. The quantitative estimate of drug-likeness (QED) is 0.761. The Kier molecular flexibility index (Phi) is 4.92. The van der Waals surface area contributed by atoms with Crippen molar-refractivity contribution < 1.29 is 9.84 Å². The van der Waals surface area contributed by atoms with Crippen LogP contribution in [0.4, 0.5) is 5.82 Å². The molecular formula is C19H21N3O2S. The third-order valence-corrected chi connectivity index (χ3v) is 5.31. The summed E-state index contributed by atoms with van der Waals surface area (Å²) in [4.78, 5) is 13.0. The van der Waals surface area contributed by atoms with Gasteiger partial charge in [-0.05, 0) is 36.4 Å². The van der Waals surface area contributed by atoms with Crippen molar-refractivity contribution in [1.29, 1.82) is 0 Å². The van der Waals surface area contributed by atoms with E-state index in [0.717, 1.165) is 53.4 Å². The van der Waals surface area contributed by atoms with Crippen LogP contribution in [-0.2, 0) is 4.74 Å². The molecule has 0 aliphatic carbocycles. The Bertz CT molecular complexity index is 838. The Morgan fingerprint density at radius 2 is 2.12 bits per heavy atom. The van der Waals surface area contributed by atoms with E-state index >= 15 is 0 Å². The van der Waals surface area contributed by atoms with Gasteiger partial charge in [-0.3, -0.25) is 0 Å². The number of benzene rings is 1. The van der Waals surface area contributed by atoms with E-state index < -0.39 is 0 Å². The zero-order chi connectivity index (χ0) is 17.1. The average molecular weight is 355 g/mol. The van der Waals surface area contributed by atoms with Crippen molar-refractivity contribution in [2.75, 3.05) is 31.2 Å². The summed E-state index contributed by atoms with van der Waals surface area (Å²) < 4.78 is 5.77. The Morgan fingerprint density at radius 1 is 1.20 bits per heavy atom. The van der Waals surface area contributed by atoms with E-state index in [4.69, 9.17) is 19.8 Å². The summed E-state index contributed by atoms with van der Waals surface area (Å²) in [6.07, 6.45) is 2.22. The minimum absolute atomic E-state index is 0.0649. The highest BCUT2D eigenvalue weighted by Gasteiger charge is 2.23. The van der Waals surface area contributed by atoms with Crippen LogP contribution in [-0.4, -0.2) is 47.5 Å². The molecule has 1 unspecified atom stereocenters. The third kappa shape index (κ3) is 3.51. The number of fused-ring (bicyclic) bond motifs is 1. The van der Waals surface area contributed by atoms with Crippen molar-refractivity contribution in [2.24, 2.45) is 0 Å². The van der Waals surface area contributed by atoms with Crippen molar-refractivity contribution in [3.8, 4) is 10.7 Å². The average Bonchev–Trinajstić information content (AvgIpc) is 3.20. The number of hydrogen-bond acceptors (Lipinski definition) is 6. The van der Waals surface area contributed by atoms with Gasteiger partial charge in [0.15, 0.2) is 5.82 Å². The van der Waals surface area contributed by atoms with Crippen LogP contribution in [0.15, 0.2) is 41.8 Å². The molecule has 4 rings (SSSR count). The van der Waals surface area contributed by atoms with Gasteiger partial charge in [-0.15, -0.1) is 11.3 Å². The van der Waals surface area contributed by atoms with Gasteiger partial charge >= 0.3 is 0 Å². The van der Waals surface area contributed by atoms with Gasteiger partial charge in [0.25, 0.3) is 0 Å². The van der Waals surface area contributed by atoms with E-state index in [1.807, 2.05) is 29.6 Å². The summed E-state index contributed by atoms with van der Waals surface area (Å²) in [6, 6.07) is 12.3. The standard InChI is InChI=1S/C19H21N3O2S/c23-10-11-24-14-5-3-9-22(13-14)19-15-6-1-2-7-16(15)20-18(21-19)17-8-4-12-25-17/h1-2,4,6-8,12,14,23H,3,5,9-11,13H2. The molecule has 1 atom stereocenters. The zero-order valence-corrected chi connectivity index (χ0v) is 14.8. The summed E-state index contributed by atoms with van der Waals surface area (Å²) in [7, 11) is 0. The fraction of sp³-hybridized carbons (Fsp3) is 0.368. The predicted molar refractivity (Wildman–Crippen MR) is 101 cm³/mol. The smallest absolute Gasteiger partial charge is 0.172 e. The Labute approximate surface area is 150 Å². The Morgan fingerprint density at radius 3 is 2.96 bits per heavy atom. The topological polar surface area (TPSA) is 58.5 Å². The second kappa shape index (κ2) is 7.47. The molecule has 2 aromatic heterocycles. The summed E-state index contributed by atoms with van der Waals surface area (Å²) in [5.74, 6) is 1.76. The Hall–Kier alpha value is -2.02. The molecule has 0 spiro atoms. The first-order valence-corrected chi connectivity index (χ1v) is 9.51. The van der Waals surface area contributed by atoms with Crippen LogP contribution in [0.2, 0.25) is 0 Å². The fourth-order valence-corrected chi connectivity index (χ4v) is 3.96. The largest absolute Gasteiger partial charge is 0.394 e. The van der Waals surface area contributed by atoms with Crippen molar-refractivity contribution in [2.45, 2.75) is 18.9 Å². The fourth-order valence-electron chi connectivity index (χ4n) is 3.30. The van der Waals surface area contributed by atoms with E-state index in [1.54, 1.807) is 11.3 Å². The maximum absolute atomic E-state index is 9.01. The van der Waals surface area contributed by atoms with Gasteiger partial charge in [-0.25, -0.2) is 9.97 Å². The lowest BCUT2D eigenvalue weighted by atomic mass is 10.1. The van der Waals surface area contributed by atoms with Crippen LogP contribution in [0.5, 0.6) is 0 Å². The number of thiophene rings is 1. The maximum atomic E-state index is 9.01. The summed E-state index contributed by atoms with van der Waals surface area (Å²) >= 11 is 1.66. The van der Waals surface area contributed by atoms with Gasteiger partial charge in [0.05, 0.1) is 29.7 Å². The highest BCUT2D eigenvalue weighted by molar-refractivity contribution is 7.13. The molecule has 6 heteroatoms. The SMILES string of the molecule is OCCOC1CCCN(c2nc(-c3cccs3)nc3ccccc23)C1. The molecule has 1 fully saturated rings. The number of ether oxygens (including phenoxy) is 1. The summed E-state index contributed by atoms with van der Waals surface area (Å²) in [5, 5.41) is 12.1. The van der Waals surface area contributed by atoms with Crippen molar-refractivity contribution >= 4 is 28.1 Å². The van der Waals surface area contributed by atoms with Crippen molar-refractivity contribution in [3.05, 3.63) is 41.8 Å². The van der Waals surface area contributed by atoms with E-state index in [1.165, 1.54) is 0 Å². The molecule has 5 nitrogen and oxygen atoms in total. The second-order valence-electron chi connectivity index (χ2n) is 6.17. The molecule has 1 aromatic carbocycles. The third-order valence-electron chi connectivity index (χ3n) is 4.45. The minimum atomic E-state index is 0.0649. The molecule has 0 saturated carbocycles. The number of aliphatic hydroxyl groups is 1. The molecular weight excluding hydrogens is 334 g/mol. The highest BCUT2D eigenvalue weighted by Crippen LogP contribution is 2.31. The van der Waals surface area contributed by atoms with Crippen LogP contribution >= 0.6 is 11.3 Å². The van der Waals surface area contributed by atoms with Gasteiger partial charge in [0, 0.05) is 18.5 Å². The summed E-state index contributed by atoms with van der Waals surface area (Å²) in [5.41, 5.74) is 0.967. The number of aromatic nitrogens is 2. The molecule has 3 aromatic rings. The number of piperidine rings is 1. The molecule has 25 heavy (non-hydrogen) atoms. The number of anilines is 1. The van der Waals surface area contributed by atoms with Gasteiger partial charge in [0.1, 0.15) is 5.82 Å². The van der Waals surface area contributed by atoms with Gasteiger partial charge < -0.3 is 14.7 Å². The number of rotatable bonds is 5. The molecule has 0 amide bonds. The highest BCUT2D eigenvalue weighted by atomic mass is 32.1. The molecule has 1 N–H and O–H groups in total. The van der Waals surface area contributed by atoms with E-state index in [2.05, 4.69) is 17.0 Å². The number of aliphatic hydroxyl groups excluding tert-OH is 1. The van der Waals surface area contributed by atoms with Gasteiger partial charge in [0.2, 0.25) is 0 Å². The second-order valence-corrected chi connectivity index (χ2v) is 7.12. The molecule has 3 heterocycles. The number of para-hydroxylation sites is 1. The van der Waals surface area contributed by atoms with Crippen LogP contribution < -0.4 is 4.90 Å². The number of nitrogens with zero attached hydrogens (tertiary/aromatic N) is 3. The van der Waals surface area contributed by atoms with Crippen molar-refractivity contribution in [3.63, 3.8) is 0 Å². The first-order chi connectivity index (χ1) is 12.3. The zero-order valence-electron chi connectivity index (χ0n) is 14.0. The van der Waals surface area contributed by atoms with E-state index in [0.29, 0.717) is 6.61 Å². The lowest BCUT2D eigenvalue weighted by Crippen LogP contribution is -2.40. The first-order valence-electron chi connectivity index (χ1n) is 8.63. The Balaban J connectivity index is 1.72. The van der Waals surface area contributed by atoms with Crippen LogP contribution in [0.25, 0.3) is 21.6 Å². The van der Waals surface area contributed by atoms with Gasteiger partial charge in [-0.1, -0.05) is 18.2 Å². The molecule has 130 valence electrons. The van der Waals surface area contributed by atoms with Crippen LogP contribution in [0.3, 0.4) is 0 Å². The van der Waals surface area contributed by atoms with Crippen LogP contribution in [0.1, 0.15) is 12.8 Å². The molecule has 0 bridgehead atoms. The predicted octanol–water partition coefficient (Wildman–Crippen LogP) is 3.34. The van der Waals surface area contributed by atoms with Gasteiger partial charge in [-0.2, -0.15) is 0 Å². The molecule has 0 radical (unpaired) electrons. The lowest BCUT2D eigenvalue weighted by molar-refractivity contribution is 0.0214. The van der Waals surface area contributed by atoms with E-state index in [-0.39, 0.29) is 12.7 Å². The lowest BCUT2D eigenvalue weighted by Gasteiger charge is -2.34. The van der Waals surface area contributed by atoms with E-state index in [9.17, 15) is 0 Å². The molecule has 1 aliphatic rings. The monoisotopic (exact) mass is 355 g/mol. The minimum Gasteiger partial charge on any atom is -0.394 e. The van der Waals surface area contributed by atoms with Crippen molar-refractivity contribution in [1.82, 2.24) is 9.97 Å².